The maximum Gasteiger partial charge on any atom is 0.224 e. The molecule has 0 saturated carbocycles. The van der Waals surface area contributed by atoms with Crippen molar-refractivity contribution in [3.05, 3.63) is 35.4 Å². The highest BCUT2D eigenvalue weighted by atomic mass is 16.5. The Bertz CT molecular complexity index is 478. The molecule has 1 aromatic rings. The van der Waals surface area contributed by atoms with E-state index in [1.165, 1.54) is 5.56 Å². The van der Waals surface area contributed by atoms with Gasteiger partial charge in [0.2, 0.25) is 5.91 Å². The first-order chi connectivity index (χ1) is 11.0. The summed E-state index contributed by atoms with van der Waals surface area (Å²) in [6.45, 7) is 6.14. The van der Waals surface area contributed by atoms with Gasteiger partial charge >= 0.3 is 0 Å². The van der Waals surface area contributed by atoms with Gasteiger partial charge in [-0.2, -0.15) is 0 Å². The van der Waals surface area contributed by atoms with Crippen molar-refractivity contribution in [2.75, 3.05) is 19.8 Å². The topological polar surface area (TPSA) is 58.6 Å². The molecule has 0 unspecified atom stereocenters. The normalized spacial score (nSPS) is 17.2. The van der Waals surface area contributed by atoms with E-state index in [9.17, 15) is 9.90 Å². The molecule has 0 spiro atoms. The first kappa shape index (κ1) is 18.0. The molecule has 1 saturated heterocycles. The number of hydrogen-bond donors (Lipinski definition) is 2. The van der Waals surface area contributed by atoms with Crippen molar-refractivity contribution in [1.82, 2.24) is 5.32 Å². The first-order valence-electron chi connectivity index (χ1n) is 8.65. The molecule has 1 heterocycles. The molecule has 0 aromatic heterocycles. The molecule has 1 aliphatic rings. The zero-order valence-corrected chi connectivity index (χ0v) is 14.3. The zero-order valence-electron chi connectivity index (χ0n) is 14.3. The van der Waals surface area contributed by atoms with Crippen LogP contribution in [-0.2, 0) is 22.4 Å². The van der Waals surface area contributed by atoms with Gasteiger partial charge in [0.25, 0.3) is 0 Å². The molecule has 0 bridgehead atoms. The van der Waals surface area contributed by atoms with Crippen LogP contribution < -0.4 is 5.32 Å². The number of amides is 1. The van der Waals surface area contributed by atoms with Gasteiger partial charge in [0.15, 0.2) is 0 Å². The van der Waals surface area contributed by atoms with E-state index in [2.05, 4.69) is 31.3 Å². The van der Waals surface area contributed by atoms with E-state index >= 15 is 0 Å². The fourth-order valence-corrected chi connectivity index (χ4v) is 3.00. The Labute approximate surface area is 139 Å². The van der Waals surface area contributed by atoms with Crippen LogP contribution in [0.1, 0.15) is 37.8 Å². The van der Waals surface area contributed by atoms with E-state index in [1.54, 1.807) is 0 Å². The molecule has 4 nitrogen and oxygen atoms in total. The third-order valence-electron chi connectivity index (χ3n) is 4.35. The number of ether oxygens (including phenoxy) is 1. The number of aliphatic hydroxyl groups is 1. The van der Waals surface area contributed by atoms with Crippen LogP contribution in [0.3, 0.4) is 0 Å². The summed E-state index contributed by atoms with van der Waals surface area (Å²) in [6, 6.07) is 8.23. The quantitative estimate of drug-likeness (QED) is 0.811. The first-order valence-corrected chi connectivity index (χ1v) is 8.65. The van der Waals surface area contributed by atoms with Gasteiger partial charge in [-0.05, 0) is 42.2 Å². The summed E-state index contributed by atoms with van der Waals surface area (Å²) in [5.74, 6) is 0.836. The molecule has 1 atom stereocenters. The van der Waals surface area contributed by atoms with Crippen LogP contribution in [0.2, 0.25) is 0 Å². The monoisotopic (exact) mass is 319 g/mol. The predicted molar refractivity (Wildman–Crippen MR) is 91.2 cm³/mol. The van der Waals surface area contributed by atoms with Crippen molar-refractivity contribution in [2.45, 2.75) is 45.6 Å². The van der Waals surface area contributed by atoms with Gasteiger partial charge in [-0.1, -0.05) is 38.1 Å². The smallest absolute Gasteiger partial charge is 0.224 e. The molecular formula is C19H29NO3. The summed E-state index contributed by atoms with van der Waals surface area (Å²) in [5, 5.41) is 13.0. The van der Waals surface area contributed by atoms with Gasteiger partial charge < -0.3 is 15.2 Å². The second kappa shape index (κ2) is 9.04. The number of hydrogen-bond acceptors (Lipinski definition) is 3. The molecule has 2 rings (SSSR count). The second-order valence-corrected chi connectivity index (χ2v) is 6.91. The number of aliphatic hydroxyl groups excluding tert-OH is 1. The fourth-order valence-electron chi connectivity index (χ4n) is 3.00. The van der Waals surface area contributed by atoms with Crippen LogP contribution in [0.25, 0.3) is 0 Å². The van der Waals surface area contributed by atoms with Crippen molar-refractivity contribution in [2.24, 2.45) is 11.8 Å². The SMILES string of the molecule is CC(C)Cc1ccc(CC(=O)NC[C@H](O)C2CCOCC2)cc1. The minimum Gasteiger partial charge on any atom is -0.391 e. The molecule has 0 aliphatic carbocycles. The maximum absolute atomic E-state index is 12.0. The predicted octanol–water partition coefficient (Wildman–Crippen LogP) is 2.33. The van der Waals surface area contributed by atoms with E-state index in [0.717, 1.165) is 24.8 Å². The summed E-state index contributed by atoms with van der Waals surface area (Å²) in [5.41, 5.74) is 2.31. The van der Waals surface area contributed by atoms with E-state index in [1.807, 2.05) is 12.1 Å². The lowest BCUT2D eigenvalue weighted by molar-refractivity contribution is -0.121. The summed E-state index contributed by atoms with van der Waals surface area (Å²) in [7, 11) is 0. The van der Waals surface area contributed by atoms with Crippen molar-refractivity contribution < 1.29 is 14.6 Å². The molecule has 1 aromatic carbocycles. The average Bonchev–Trinajstić information content (AvgIpc) is 2.55. The van der Waals surface area contributed by atoms with Crippen LogP contribution in [-0.4, -0.2) is 36.9 Å². The number of carbonyl (C=O) groups is 1. The lowest BCUT2D eigenvalue weighted by Crippen LogP contribution is -2.38. The molecular weight excluding hydrogens is 290 g/mol. The molecule has 1 aliphatic heterocycles. The molecule has 4 heteroatoms. The lowest BCUT2D eigenvalue weighted by atomic mass is 9.94. The van der Waals surface area contributed by atoms with Crippen LogP contribution in [0, 0.1) is 11.8 Å². The van der Waals surface area contributed by atoms with Crippen LogP contribution >= 0.6 is 0 Å². The van der Waals surface area contributed by atoms with Crippen molar-refractivity contribution in [1.29, 1.82) is 0 Å². The Balaban J connectivity index is 1.73. The van der Waals surface area contributed by atoms with E-state index in [0.29, 0.717) is 32.1 Å². The minimum atomic E-state index is -0.476. The number of rotatable bonds is 7. The van der Waals surface area contributed by atoms with Gasteiger partial charge in [0.1, 0.15) is 0 Å². The van der Waals surface area contributed by atoms with Crippen LogP contribution in [0.4, 0.5) is 0 Å². The van der Waals surface area contributed by atoms with E-state index < -0.39 is 6.10 Å². The van der Waals surface area contributed by atoms with Gasteiger partial charge in [-0.3, -0.25) is 4.79 Å². The average molecular weight is 319 g/mol. The highest BCUT2D eigenvalue weighted by molar-refractivity contribution is 5.78. The zero-order chi connectivity index (χ0) is 16.7. The van der Waals surface area contributed by atoms with Crippen molar-refractivity contribution >= 4 is 5.91 Å². The van der Waals surface area contributed by atoms with E-state index in [4.69, 9.17) is 4.74 Å². The second-order valence-electron chi connectivity index (χ2n) is 6.91. The van der Waals surface area contributed by atoms with Crippen molar-refractivity contribution in [3.63, 3.8) is 0 Å². The Kier molecular flexibility index (Phi) is 7.06. The number of benzene rings is 1. The highest BCUT2D eigenvalue weighted by Gasteiger charge is 2.22. The number of carbonyl (C=O) groups excluding carboxylic acids is 1. The van der Waals surface area contributed by atoms with Gasteiger partial charge in [0.05, 0.1) is 12.5 Å². The summed E-state index contributed by atoms with van der Waals surface area (Å²) in [4.78, 5) is 12.0. The fraction of sp³-hybridized carbons (Fsp3) is 0.632. The third kappa shape index (κ3) is 6.32. The Morgan fingerprint density at radius 2 is 1.83 bits per heavy atom. The molecule has 0 radical (unpaired) electrons. The van der Waals surface area contributed by atoms with Gasteiger partial charge in [-0.15, -0.1) is 0 Å². The summed E-state index contributed by atoms with van der Waals surface area (Å²) < 4.78 is 5.29. The maximum atomic E-state index is 12.0. The van der Waals surface area contributed by atoms with Crippen molar-refractivity contribution in [3.8, 4) is 0 Å². The number of nitrogens with one attached hydrogen (secondary N) is 1. The summed E-state index contributed by atoms with van der Waals surface area (Å²) >= 11 is 0. The Hall–Kier alpha value is -1.39. The molecule has 23 heavy (non-hydrogen) atoms. The van der Waals surface area contributed by atoms with Gasteiger partial charge in [0, 0.05) is 19.8 Å². The van der Waals surface area contributed by atoms with Gasteiger partial charge in [-0.25, -0.2) is 0 Å². The lowest BCUT2D eigenvalue weighted by Gasteiger charge is -2.26. The summed E-state index contributed by atoms with van der Waals surface area (Å²) in [6.07, 6.45) is 2.69. The van der Waals surface area contributed by atoms with Crippen LogP contribution in [0.5, 0.6) is 0 Å². The molecule has 1 fully saturated rings. The molecule has 2 N–H and O–H groups in total. The largest absolute Gasteiger partial charge is 0.391 e. The molecule has 1 amide bonds. The highest BCUT2D eigenvalue weighted by Crippen LogP contribution is 2.18. The minimum absolute atomic E-state index is 0.0345. The Morgan fingerprint density at radius 3 is 2.43 bits per heavy atom. The van der Waals surface area contributed by atoms with Crippen LogP contribution in [0.15, 0.2) is 24.3 Å². The third-order valence-corrected chi connectivity index (χ3v) is 4.35. The Morgan fingerprint density at radius 1 is 1.22 bits per heavy atom. The van der Waals surface area contributed by atoms with E-state index in [-0.39, 0.29) is 11.8 Å². The molecule has 128 valence electrons. The standard InChI is InChI=1S/C19H29NO3/c1-14(2)11-15-3-5-16(6-4-15)12-19(22)20-13-18(21)17-7-9-23-10-8-17/h3-6,14,17-18,21H,7-13H2,1-2H3,(H,20,22)/t18-/m0/s1.